The highest BCUT2D eigenvalue weighted by molar-refractivity contribution is 5.15. The first-order valence-electron chi connectivity index (χ1n) is 7.60. The van der Waals surface area contributed by atoms with Gasteiger partial charge in [0.05, 0.1) is 0 Å². The Morgan fingerprint density at radius 3 is 2.85 bits per heavy atom. The fraction of sp³-hybridized carbons (Fsp3) is 0.529. The summed E-state index contributed by atoms with van der Waals surface area (Å²) in [5.41, 5.74) is 7.52. The van der Waals surface area contributed by atoms with E-state index in [0.29, 0.717) is 6.54 Å². The number of benzene rings is 1. The maximum Gasteiger partial charge on any atom is 0.0433 e. The lowest BCUT2D eigenvalue weighted by Crippen LogP contribution is -2.61. The van der Waals surface area contributed by atoms with Gasteiger partial charge in [0.25, 0.3) is 0 Å². The molecule has 0 aliphatic carbocycles. The van der Waals surface area contributed by atoms with Crippen LogP contribution < -0.4 is 11.1 Å². The lowest BCUT2D eigenvalue weighted by atomic mass is 9.88. The highest BCUT2D eigenvalue weighted by Crippen LogP contribution is 2.22. The van der Waals surface area contributed by atoms with Crippen molar-refractivity contribution in [2.45, 2.75) is 31.3 Å². The molecule has 0 bridgehead atoms. The van der Waals surface area contributed by atoms with Crippen molar-refractivity contribution in [3.8, 4) is 0 Å². The summed E-state index contributed by atoms with van der Waals surface area (Å²) >= 11 is 0. The Morgan fingerprint density at radius 1 is 1.35 bits per heavy atom. The SMILES string of the molecule is C=CCCNC1(CN)CCCN(Cc2ccccc2)C1. The number of rotatable bonds is 7. The molecule has 20 heavy (non-hydrogen) atoms. The first-order chi connectivity index (χ1) is 9.78. The van der Waals surface area contributed by atoms with Gasteiger partial charge in [-0.25, -0.2) is 0 Å². The van der Waals surface area contributed by atoms with Crippen molar-refractivity contribution < 1.29 is 0 Å². The van der Waals surface area contributed by atoms with Gasteiger partial charge in [0.15, 0.2) is 0 Å². The third-order valence-electron chi connectivity index (χ3n) is 4.14. The van der Waals surface area contributed by atoms with Crippen molar-refractivity contribution in [3.05, 3.63) is 48.6 Å². The number of likely N-dealkylation sites (tertiary alicyclic amines) is 1. The second kappa shape index (κ2) is 7.58. The van der Waals surface area contributed by atoms with Gasteiger partial charge in [0.1, 0.15) is 0 Å². The van der Waals surface area contributed by atoms with Crippen molar-refractivity contribution in [3.63, 3.8) is 0 Å². The Balaban J connectivity index is 1.93. The van der Waals surface area contributed by atoms with E-state index in [1.807, 2.05) is 6.08 Å². The zero-order valence-corrected chi connectivity index (χ0v) is 12.4. The Bertz CT molecular complexity index is 404. The van der Waals surface area contributed by atoms with Crippen LogP contribution in [0, 0.1) is 0 Å². The predicted octanol–water partition coefficient (Wildman–Crippen LogP) is 2.15. The van der Waals surface area contributed by atoms with Crippen molar-refractivity contribution >= 4 is 0 Å². The molecular formula is C17H27N3. The molecule has 1 aliphatic rings. The molecule has 0 radical (unpaired) electrons. The first kappa shape index (κ1) is 15.2. The molecule has 3 nitrogen and oxygen atoms in total. The van der Waals surface area contributed by atoms with E-state index in [1.165, 1.54) is 24.9 Å². The average Bonchev–Trinajstić information content (AvgIpc) is 2.49. The molecule has 1 atom stereocenters. The molecule has 2 rings (SSSR count). The minimum absolute atomic E-state index is 0.0794. The summed E-state index contributed by atoms with van der Waals surface area (Å²) in [6.45, 7) is 8.68. The molecule has 0 amide bonds. The van der Waals surface area contributed by atoms with E-state index < -0.39 is 0 Å². The van der Waals surface area contributed by atoms with Gasteiger partial charge in [0.2, 0.25) is 0 Å². The molecule has 110 valence electrons. The highest BCUT2D eigenvalue weighted by Gasteiger charge is 2.33. The molecule has 1 heterocycles. The summed E-state index contributed by atoms with van der Waals surface area (Å²) in [4.78, 5) is 2.52. The van der Waals surface area contributed by atoms with Gasteiger partial charge in [-0.1, -0.05) is 36.4 Å². The molecule has 1 aromatic rings. The number of nitrogens with zero attached hydrogens (tertiary/aromatic N) is 1. The van der Waals surface area contributed by atoms with Crippen LogP contribution in [0.25, 0.3) is 0 Å². The number of nitrogens with one attached hydrogen (secondary N) is 1. The maximum absolute atomic E-state index is 6.06. The third kappa shape index (κ3) is 4.17. The van der Waals surface area contributed by atoms with E-state index in [2.05, 4.69) is 47.1 Å². The Kier molecular flexibility index (Phi) is 5.77. The molecular weight excluding hydrogens is 246 g/mol. The van der Waals surface area contributed by atoms with Gasteiger partial charge in [-0.2, -0.15) is 0 Å². The lowest BCUT2D eigenvalue weighted by Gasteiger charge is -2.43. The predicted molar refractivity (Wildman–Crippen MR) is 85.6 cm³/mol. The molecule has 0 aromatic heterocycles. The molecule has 1 saturated heterocycles. The van der Waals surface area contributed by atoms with E-state index in [9.17, 15) is 0 Å². The second-order valence-electron chi connectivity index (χ2n) is 5.79. The van der Waals surface area contributed by atoms with Gasteiger partial charge in [-0.15, -0.1) is 6.58 Å². The van der Waals surface area contributed by atoms with Gasteiger partial charge in [-0.3, -0.25) is 4.90 Å². The van der Waals surface area contributed by atoms with Crippen LogP contribution in [-0.4, -0.2) is 36.6 Å². The Hall–Kier alpha value is -1.16. The maximum atomic E-state index is 6.06. The van der Waals surface area contributed by atoms with Gasteiger partial charge >= 0.3 is 0 Å². The van der Waals surface area contributed by atoms with E-state index in [4.69, 9.17) is 5.73 Å². The standard InChI is InChI=1S/C17H27N3/c1-2-3-11-19-17(14-18)10-7-12-20(15-17)13-16-8-5-4-6-9-16/h2,4-6,8-9,19H,1,3,7,10-15,18H2. The number of nitrogens with two attached hydrogens (primary N) is 1. The zero-order valence-electron chi connectivity index (χ0n) is 12.4. The van der Waals surface area contributed by atoms with Crippen molar-refractivity contribution in [1.29, 1.82) is 0 Å². The topological polar surface area (TPSA) is 41.3 Å². The normalized spacial score (nSPS) is 23.6. The summed E-state index contributed by atoms with van der Waals surface area (Å²) in [7, 11) is 0. The van der Waals surface area contributed by atoms with Crippen LogP contribution in [0.2, 0.25) is 0 Å². The Morgan fingerprint density at radius 2 is 2.15 bits per heavy atom. The summed E-state index contributed by atoms with van der Waals surface area (Å²) in [6.07, 6.45) is 5.35. The van der Waals surface area contributed by atoms with Crippen LogP contribution in [0.4, 0.5) is 0 Å². The quantitative estimate of drug-likeness (QED) is 0.591. The van der Waals surface area contributed by atoms with Crippen LogP contribution in [0.15, 0.2) is 43.0 Å². The Labute approximate surface area is 122 Å². The lowest BCUT2D eigenvalue weighted by molar-refractivity contribution is 0.120. The minimum atomic E-state index is 0.0794. The molecule has 1 aliphatic heterocycles. The monoisotopic (exact) mass is 273 g/mol. The molecule has 3 N–H and O–H groups in total. The van der Waals surface area contributed by atoms with Crippen molar-refractivity contribution in [1.82, 2.24) is 10.2 Å². The second-order valence-corrected chi connectivity index (χ2v) is 5.79. The van der Waals surface area contributed by atoms with Gasteiger partial charge in [-0.05, 0) is 37.9 Å². The van der Waals surface area contributed by atoms with Crippen LogP contribution in [0.5, 0.6) is 0 Å². The van der Waals surface area contributed by atoms with E-state index in [0.717, 1.165) is 26.1 Å². The summed E-state index contributed by atoms with van der Waals surface area (Å²) in [5, 5.41) is 3.66. The molecule has 1 unspecified atom stereocenters. The van der Waals surface area contributed by atoms with Crippen LogP contribution in [-0.2, 0) is 6.54 Å². The average molecular weight is 273 g/mol. The number of hydrogen-bond donors (Lipinski definition) is 2. The summed E-state index contributed by atoms with van der Waals surface area (Å²) in [5.74, 6) is 0. The fourth-order valence-corrected chi connectivity index (χ4v) is 3.03. The molecule has 1 fully saturated rings. The fourth-order valence-electron chi connectivity index (χ4n) is 3.03. The number of piperidine rings is 1. The third-order valence-corrected chi connectivity index (χ3v) is 4.14. The number of hydrogen-bond acceptors (Lipinski definition) is 3. The molecule has 1 aromatic carbocycles. The van der Waals surface area contributed by atoms with Crippen LogP contribution >= 0.6 is 0 Å². The van der Waals surface area contributed by atoms with E-state index in [1.54, 1.807) is 0 Å². The largest absolute Gasteiger partial charge is 0.329 e. The highest BCUT2D eigenvalue weighted by atomic mass is 15.2. The zero-order chi connectivity index (χ0) is 14.3. The van der Waals surface area contributed by atoms with Gasteiger partial charge < -0.3 is 11.1 Å². The molecule has 3 heteroatoms. The molecule has 0 spiro atoms. The van der Waals surface area contributed by atoms with Crippen molar-refractivity contribution in [2.24, 2.45) is 5.73 Å². The smallest absolute Gasteiger partial charge is 0.0433 e. The van der Waals surface area contributed by atoms with Gasteiger partial charge in [0, 0.05) is 25.2 Å². The van der Waals surface area contributed by atoms with Crippen LogP contribution in [0.3, 0.4) is 0 Å². The van der Waals surface area contributed by atoms with Crippen LogP contribution in [0.1, 0.15) is 24.8 Å². The molecule has 0 saturated carbocycles. The summed E-state index contributed by atoms with van der Waals surface area (Å²) in [6, 6.07) is 10.7. The summed E-state index contributed by atoms with van der Waals surface area (Å²) < 4.78 is 0. The first-order valence-corrected chi connectivity index (χ1v) is 7.60. The van der Waals surface area contributed by atoms with E-state index >= 15 is 0 Å². The van der Waals surface area contributed by atoms with Crippen molar-refractivity contribution in [2.75, 3.05) is 26.2 Å². The minimum Gasteiger partial charge on any atom is -0.329 e. The van der Waals surface area contributed by atoms with E-state index in [-0.39, 0.29) is 5.54 Å².